The number of aromatic carboxylic acids is 1. The van der Waals surface area contributed by atoms with Gasteiger partial charge in [-0.05, 0) is 25.8 Å². The number of anilines is 1. The molecule has 6 heteroatoms. The van der Waals surface area contributed by atoms with Crippen molar-refractivity contribution in [2.75, 3.05) is 11.9 Å². The first-order valence-corrected chi connectivity index (χ1v) is 6.58. The Morgan fingerprint density at radius 3 is 2.35 bits per heavy atom. The summed E-state index contributed by atoms with van der Waals surface area (Å²) in [5.74, 6) is -1.16. The maximum Gasteiger partial charge on any atom is 0.336 e. The second-order valence-corrected chi connectivity index (χ2v) is 4.78. The minimum Gasteiger partial charge on any atom is -0.478 e. The highest BCUT2D eigenvalue weighted by molar-refractivity contribution is 5.90. The number of hydrogen-bond donors (Lipinski definition) is 1. The van der Waals surface area contributed by atoms with E-state index in [1.165, 1.54) is 6.07 Å². The molecule has 20 heavy (non-hydrogen) atoms. The molecule has 0 aromatic heterocycles. The molecule has 0 heterocycles. The Bertz CT molecular complexity index is 524. The highest BCUT2D eigenvalue weighted by atomic mass is 16.6. The van der Waals surface area contributed by atoms with E-state index in [1.807, 2.05) is 25.8 Å². The first-order chi connectivity index (χ1) is 9.33. The van der Waals surface area contributed by atoms with Crippen molar-refractivity contribution in [3.8, 4) is 0 Å². The van der Waals surface area contributed by atoms with Crippen LogP contribution in [-0.4, -0.2) is 29.1 Å². The molecule has 0 amide bonds. The fourth-order valence-corrected chi connectivity index (χ4v) is 2.40. The van der Waals surface area contributed by atoms with E-state index in [0.717, 1.165) is 18.9 Å². The molecule has 110 valence electrons. The number of nitro benzene ring substituents is 1. The van der Waals surface area contributed by atoms with Crippen LogP contribution in [0.25, 0.3) is 0 Å². The fourth-order valence-electron chi connectivity index (χ4n) is 2.40. The van der Waals surface area contributed by atoms with E-state index in [-0.39, 0.29) is 17.3 Å². The Morgan fingerprint density at radius 2 is 1.95 bits per heavy atom. The topological polar surface area (TPSA) is 83.7 Å². The number of carboxylic acid groups (broad SMARTS) is 1. The van der Waals surface area contributed by atoms with Gasteiger partial charge in [0.05, 0.1) is 16.1 Å². The zero-order valence-electron chi connectivity index (χ0n) is 12.2. The van der Waals surface area contributed by atoms with Gasteiger partial charge in [-0.15, -0.1) is 0 Å². The Morgan fingerprint density at radius 1 is 1.40 bits per heavy atom. The summed E-state index contributed by atoms with van der Waals surface area (Å²) in [6.07, 6.45) is 1.77. The maximum atomic E-state index is 11.1. The smallest absolute Gasteiger partial charge is 0.336 e. The molecule has 0 saturated carbocycles. The summed E-state index contributed by atoms with van der Waals surface area (Å²) < 4.78 is 0. The van der Waals surface area contributed by atoms with Gasteiger partial charge in [0.1, 0.15) is 0 Å². The molecule has 0 aliphatic heterocycles. The van der Waals surface area contributed by atoms with E-state index in [9.17, 15) is 14.9 Å². The quantitative estimate of drug-likeness (QED) is 0.639. The van der Waals surface area contributed by atoms with Crippen LogP contribution in [0.2, 0.25) is 0 Å². The van der Waals surface area contributed by atoms with Crippen LogP contribution in [0.1, 0.15) is 42.6 Å². The molecule has 6 nitrogen and oxygen atoms in total. The van der Waals surface area contributed by atoms with Crippen LogP contribution in [0.5, 0.6) is 0 Å². The predicted octanol–water partition coefficient (Wildman–Crippen LogP) is 3.23. The van der Waals surface area contributed by atoms with Crippen molar-refractivity contribution in [3.05, 3.63) is 33.4 Å². The number of nitrogens with zero attached hydrogens (tertiary/aromatic N) is 2. The van der Waals surface area contributed by atoms with E-state index in [2.05, 4.69) is 0 Å². The number of benzene rings is 1. The molecule has 0 bridgehead atoms. The van der Waals surface area contributed by atoms with Crippen LogP contribution in [0.15, 0.2) is 12.1 Å². The summed E-state index contributed by atoms with van der Waals surface area (Å²) in [5, 5.41) is 20.2. The summed E-state index contributed by atoms with van der Waals surface area (Å²) in [7, 11) is 1.84. The third-order valence-electron chi connectivity index (χ3n) is 3.67. The van der Waals surface area contributed by atoms with E-state index in [4.69, 9.17) is 5.11 Å². The lowest BCUT2D eigenvalue weighted by Gasteiger charge is -2.29. The minimum absolute atomic E-state index is 0.0601. The van der Waals surface area contributed by atoms with Gasteiger partial charge in [0, 0.05) is 24.8 Å². The lowest BCUT2D eigenvalue weighted by atomic mass is 10.0. The van der Waals surface area contributed by atoms with Crippen LogP contribution in [-0.2, 0) is 0 Å². The zero-order chi connectivity index (χ0) is 15.4. The number of rotatable bonds is 6. The molecule has 0 radical (unpaired) electrons. The molecule has 0 atom stereocenters. The summed E-state index contributed by atoms with van der Waals surface area (Å²) in [6, 6.07) is 2.84. The highest BCUT2D eigenvalue weighted by Crippen LogP contribution is 2.31. The molecule has 0 unspecified atom stereocenters. The van der Waals surface area contributed by atoms with Crippen molar-refractivity contribution < 1.29 is 14.8 Å². The molecule has 0 spiro atoms. The molecule has 0 fully saturated rings. The van der Waals surface area contributed by atoms with E-state index < -0.39 is 10.9 Å². The normalized spacial score (nSPS) is 10.7. The van der Waals surface area contributed by atoms with Crippen molar-refractivity contribution in [2.24, 2.45) is 0 Å². The summed E-state index contributed by atoms with van der Waals surface area (Å²) >= 11 is 0. The number of carbonyl (C=O) groups is 1. The van der Waals surface area contributed by atoms with Crippen LogP contribution in [0.4, 0.5) is 11.4 Å². The highest BCUT2D eigenvalue weighted by Gasteiger charge is 2.23. The first kappa shape index (κ1) is 15.9. The van der Waals surface area contributed by atoms with E-state index in [0.29, 0.717) is 11.3 Å². The van der Waals surface area contributed by atoms with Crippen molar-refractivity contribution in [2.45, 2.75) is 39.7 Å². The van der Waals surface area contributed by atoms with Gasteiger partial charge in [-0.3, -0.25) is 10.1 Å². The van der Waals surface area contributed by atoms with Crippen molar-refractivity contribution >= 4 is 17.3 Å². The summed E-state index contributed by atoms with van der Waals surface area (Å²) in [6.45, 7) is 5.73. The van der Waals surface area contributed by atoms with Crippen LogP contribution in [0, 0.1) is 17.0 Å². The van der Waals surface area contributed by atoms with Gasteiger partial charge in [-0.1, -0.05) is 13.8 Å². The average molecular weight is 280 g/mol. The summed E-state index contributed by atoms with van der Waals surface area (Å²) in [5.41, 5.74) is 0.882. The molecule has 0 saturated heterocycles. The Hall–Kier alpha value is -2.11. The Kier molecular flexibility index (Phi) is 5.07. The largest absolute Gasteiger partial charge is 0.478 e. The number of nitro groups is 1. The Labute approximate surface area is 118 Å². The van der Waals surface area contributed by atoms with E-state index >= 15 is 0 Å². The second-order valence-electron chi connectivity index (χ2n) is 4.78. The maximum absolute atomic E-state index is 11.1. The number of hydrogen-bond acceptors (Lipinski definition) is 4. The van der Waals surface area contributed by atoms with Gasteiger partial charge in [0.25, 0.3) is 5.69 Å². The van der Waals surface area contributed by atoms with Crippen molar-refractivity contribution in [1.29, 1.82) is 0 Å². The average Bonchev–Trinajstić information content (AvgIpc) is 2.39. The van der Waals surface area contributed by atoms with Gasteiger partial charge in [0.2, 0.25) is 0 Å². The second kappa shape index (κ2) is 6.36. The fraction of sp³-hybridized carbons (Fsp3) is 0.500. The lowest BCUT2D eigenvalue weighted by Crippen LogP contribution is -2.31. The molecule has 0 aliphatic carbocycles. The zero-order valence-corrected chi connectivity index (χ0v) is 12.2. The van der Waals surface area contributed by atoms with Gasteiger partial charge in [-0.25, -0.2) is 4.79 Å². The molecule has 1 rings (SSSR count). The van der Waals surface area contributed by atoms with Gasteiger partial charge in [-0.2, -0.15) is 0 Å². The molecular weight excluding hydrogens is 260 g/mol. The molecule has 1 aromatic carbocycles. The monoisotopic (exact) mass is 280 g/mol. The summed E-state index contributed by atoms with van der Waals surface area (Å²) in [4.78, 5) is 23.6. The molecule has 1 aromatic rings. The van der Waals surface area contributed by atoms with Crippen molar-refractivity contribution in [1.82, 2.24) is 0 Å². The van der Waals surface area contributed by atoms with Gasteiger partial charge < -0.3 is 10.0 Å². The predicted molar refractivity (Wildman–Crippen MR) is 77.6 cm³/mol. The van der Waals surface area contributed by atoms with Gasteiger partial charge >= 0.3 is 5.97 Å². The minimum atomic E-state index is -1.16. The standard InChI is InChI=1S/C14H20N2O4/c1-5-11(6-2)15(4)12-7-10(14(17)18)8-13(9(12)3)16(19)20/h7-8,11H,5-6H2,1-4H3,(H,17,18). The number of carboxylic acids is 1. The van der Waals surface area contributed by atoms with E-state index in [1.54, 1.807) is 6.92 Å². The van der Waals surface area contributed by atoms with Crippen molar-refractivity contribution in [3.63, 3.8) is 0 Å². The van der Waals surface area contributed by atoms with Crippen LogP contribution >= 0.6 is 0 Å². The third-order valence-corrected chi connectivity index (χ3v) is 3.67. The SMILES string of the molecule is CCC(CC)N(C)c1cc(C(=O)O)cc([N+](=O)[O-])c1C. The molecule has 1 N–H and O–H groups in total. The Balaban J connectivity index is 3.44. The van der Waals surface area contributed by atoms with Gasteiger partial charge in [0.15, 0.2) is 0 Å². The third kappa shape index (κ3) is 3.07. The van der Waals surface area contributed by atoms with Crippen LogP contribution < -0.4 is 4.90 Å². The molecule has 0 aliphatic rings. The lowest BCUT2D eigenvalue weighted by molar-refractivity contribution is -0.385. The first-order valence-electron chi connectivity index (χ1n) is 6.58. The molecular formula is C14H20N2O4. The van der Waals surface area contributed by atoms with Crippen LogP contribution in [0.3, 0.4) is 0 Å².